The molecular formula is C16H16N2S. The van der Waals surface area contributed by atoms with Crippen molar-refractivity contribution in [3.8, 4) is 0 Å². The van der Waals surface area contributed by atoms with E-state index >= 15 is 0 Å². The summed E-state index contributed by atoms with van der Waals surface area (Å²) in [6.07, 6.45) is 2.85. The molecule has 0 atom stereocenters. The van der Waals surface area contributed by atoms with Crippen molar-refractivity contribution in [3.05, 3.63) is 58.7 Å². The van der Waals surface area contributed by atoms with Crippen LogP contribution in [-0.2, 0) is 6.42 Å². The summed E-state index contributed by atoms with van der Waals surface area (Å²) in [5.74, 6) is 0.416. The topological polar surface area (TPSA) is 25.8 Å². The number of benzene rings is 1. The molecule has 96 valence electrons. The van der Waals surface area contributed by atoms with Crippen LogP contribution >= 0.6 is 11.3 Å². The van der Waals surface area contributed by atoms with Gasteiger partial charge in [0.1, 0.15) is 0 Å². The van der Waals surface area contributed by atoms with Gasteiger partial charge < -0.3 is 0 Å². The van der Waals surface area contributed by atoms with Crippen LogP contribution in [0.15, 0.2) is 42.6 Å². The molecule has 2 aromatic heterocycles. The Kier molecular flexibility index (Phi) is 3.30. The van der Waals surface area contributed by atoms with Crippen molar-refractivity contribution in [1.82, 2.24) is 10.2 Å². The minimum Gasteiger partial charge on any atom is -0.158 e. The number of thiophene rings is 1. The van der Waals surface area contributed by atoms with E-state index in [1.54, 1.807) is 0 Å². The van der Waals surface area contributed by atoms with Crippen molar-refractivity contribution >= 4 is 21.4 Å². The van der Waals surface area contributed by atoms with E-state index in [0.717, 1.165) is 12.1 Å². The van der Waals surface area contributed by atoms with Gasteiger partial charge in [0.25, 0.3) is 0 Å². The minimum absolute atomic E-state index is 0.416. The first-order valence-electron chi connectivity index (χ1n) is 6.52. The molecule has 0 radical (unpaired) electrons. The van der Waals surface area contributed by atoms with Gasteiger partial charge in [0.2, 0.25) is 0 Å². The molecule has 2 heterocycles. The molecule has 0 unspecified atom stereocenters. The lowest BCUT2D eigenvalue weighted by atomic mass is 10.1. The van der Waals surface area contributed by atoms with E-state index in [9.17, 15) is 0 Å². The third-order valence-electron chi connectivity index (χ3n) is 3.17. The van der Waals surface area contributed by atoms with Crippen LogP contribution in [0.1, 0.15) is 35.9 Å². The standard InChI is InChI=1S/C16H16N2S/c1-11(2)15-16-13(10-17-18-15)9-14(19-16)8-12-6-4-3-5-7-12/h3-7,9-11H,8H2,1-2H3. The minimum atomic E-state index is 0.416. The van der Waals surface area contributed by atoms with Crippen LogP contribution in [0.2, 0.25) is 0 Å². The number of hydrogen-bond donors (Lipinski definition) is 0. The fourth-order valence-corrected chi connectivity index (χ4v) is 3.51. The van der Waals surface area contributed by atoms with E-state index in [2.05, 4.69) is 60.4 Å². The number of fused-ring (bicyclic) bond motifs is 1. The Bertz CT molecular complexity index is 686. The number of hydrogen-bond acceptors (Lipinski definition) is 3. The molecular weight excluding hydrogens is 252 g/mol. The lowest BCUT2D eigenvalue weighted by Crippen LogP contribution is -1.93. The van der Waals surface area contributed by atoms with Crippen LogP contribution in [0.5, 0.6) is 0 Å². The summed E-state index contributed by atoms with van der Waals surface area (Å²) in [5, 5.41) is 9.62. The van der Waals surface area contributed by atoms with Crippen LogP contribution in [0, 0.1) is 0 Å². The average molecular weight is 268 g/mol. The van der Waals surface area contributed by atoms with Gasteiger partial charge in [0, 0.05) is 16.7 Å². The van der Waals surface area contributed by atoms with Crippen molar-refractivity contribution in [2.45, 2.75) is 26.2 Å². The summed E-state index contributed by atoms with van der Waals surface area (Å²) < 4.78 is 1.29. The summed E-state index contributed by atoms with van der Waals surface area (Å²) >= 11 is 1.84. The maximum Gasteiger partial charge on any atom is 0.0834 e. The van der Waals surface area contributed by atoms with E-state index in [1.165, 1.54) is 20.5 Å². The molecule has 0 N–H and O–H groups in total. The highest BCUT2D eigenvalue weighted by Crippen LogP contribution is 2.31. The molecule has 3 rings (SSSR count). The molecule has 19 heavy (non-hydrogen) atoms. The molecule has 3 heteroatoms. The fourth-order valence-electron chi connectivity index (χ4n) is 2.22. The van der Waals surface area contributed by atoms with Crippen molar-refractivity contribution in [3.63, 3.8) is 0 Å². The van der Waals surface area contributed by atoms with Crippen molar-refractivity contribution < 1.29 is 0 Å². The van der Waals surface area contributed by atoms with Crippen LogP contribution in [0.25, 0.3) is 10.1 Å². The van der Waals surface area contributed by atoms with Gasteiger partial charge in [0.05, 0.1) is 16.6 Å². The van der Waals surface area contributed by atoms with E-state index < -0.39 is 0 Å². The van der Waals surface area contributed by atoms with Gasteiger partial charge in [-0.3, -0.25) is 0 Å². The van der Waals surface area contributed by atoms with E-state index in [1.807, 2.05) is 17.5 Å². The Morgan fingerprint density at radius 3 is 2.68 bits per heavy atom. The molecule has 0 saturated heterocycles. The zero-order valence-electron chi connectivity index (χ0n) is 11.1. The Labute approximate surface area is 117 Å². The summed E-state index contributed by atoms with van der Waals surface area (Å²) in [6.45, 7) is 4.33. The highest BCUT2D eigenvalue weighted by atomic mass is 32.1. The van der Waals surface area contributed by atoms with Gasteiger partial charge in [-0.15, -0.1) is 11.3 Å². The number of nitrogens with zero attached hydrogens (tertiary/aromatic N) is 2. The predicted molar refractivity (Wildman–Crippen MR) is 80.8 cm³/mol. The molecule has 0 fully saturated rings. The van der Waals surface area contributed by atoms with Gasteiger partial charge in [-0.05, 0) is 17.5 Å². The maximum absolute atomic E-state index is 4.29. The summed E-state index contributed by atoms with van der Waals surface area (Å²) in [4.78, 5) is 1.37. The first-order chi connectivity index (χ1) is 9.24. The molecule has 3 aromatic rings. The quantitative estimate of drug-likeness (QED) is 0.703. The summed E-state index contributed by atoms with van der Waals surface area (Å²) in [5.41, 5.74) is 2.46. The summed E-state index contributed by atoms with van der Waals surface area (Å²) in [6, 6.07) is 12.8. The van der Waals surface area contributed by atoms with Crippen LogP contribution in [0.4, 0.5) is 0 Å². The Morgan fingerprint density at radius 2 is 1.95 bits per heavy atom. The van der Waals surface area contributed by atoms with Crippen molar-refractivity contribution in [2.24, 2.45) is 0 Å². The molecule has 0 saturated carbocycles. The number of aromatic nitrogens is 2. The second-order valence-corrected chi connectivity index (χ2v) is 6.18. The van der Waals surface area contributed by atoms with Gasteiger partial charge in [-0.2, -0.15) is 10.2 Å². The zero-order chi connectivity index (χ0) is 13.2. The molecule has 0 aliphatic rings. The lowest BCUT2D eigenvalue weighted by molar-refractivity contribution is 0.801. The second-order valence-electron chi connectivity index (χ2n) is 5.04. The smallest absolute Gasteiger partial charge is 0.0834 e. The Hall–Kier alpha value is -1.74. The van der Waals surface area contributed by atoms with E-state index in [0.29, 0.717) is 5.92 Å². The number of rotatable bonds is 3. The van der Waals surface area contributed by atoms with Gasteiger partial charge in [-0.1, -0.05) is 44.2 Å². The largest absolute Gasteiger partial charge is 0.158 e. The normalized spacial score (nSPS) is 11.3. The second kappa shape index (κ2) is 5.10. The van der Waals surface area contributed by atoms with Crippen molar-refractivity contribution in [1.29, 1.82) is 0 Å². The predicted octanol–water partition coefficient (Wildman–Crippen LogP) is 4.41. The van der Waals surface area contributed by atoms with Crippen molar-refractivity contribution in [2.75, 3.05) is 0 Å². The fraction of sp³-hybridized carbons (Fsp3) is 0.250. The SMILES string of the molecule is CC(C)c1nncc2cc(Cc3ccccc3)sc12. The third-order valence-corrected chi connectivity index (χ3v) is 4.35. The zero-order valence-corrected chi connectivity index (χ0v) is 11.9. The van der Waals surface area contributed by atoms with Crippen LogP contribution in [-0.4, -0.2) is 10.2 Å². The Balaban J connectivity index is 2.00. The van der Waals surface area contributed by atoms with Crippen LogP contribution in [0.3, 0.4) is 0 Å². The maximum atomic E-state index is 4.29. The van der Waals surface area contributed by atoms with Gasteiger partial charge in [0.15, 0.2) is 0 Å². The first-order valence-corrected chi connectivity index (χ1v) is 7.33. The molecule has 2 nitrogen and oxygen atoms in total. The monoisotopic (exact) mass is 268 g/mol. The van der Waals surface area contributed by atoms with E-state index in [-0.39, 0.29) is 0 Å². The molecule has 0 amide bonds. The molecule has 0 bridgehead atoms. The summed E-state index contributed by atoms with van der Waals surface area (Å²) in [7, 11) is 0. The molecule has 1 aromatic carbocycles. The molecule has 0 aliphatic heterocycles. The molecule has 0 aliphatic carbocycles. The highest BCUT2D eigenvalue weighted by Gasteiger charge is 2.11. The lowest BCUT2D eigenvalue weighted by Gasteiger charge is -2.02. The highest BCUT2D eigenvalue weighted by molar-refractivity contribution is 7.19. The van der Waals surface area contributed by atoms with Gasteiger partial charge >= 0.3 is 0 Å². The van der Waals surface area contributed by atoms with E-state index in [4.69, 9.17) is 0 Å². The van der Waals surface area contributed by atoms with Gasteiger partial charge in [-0.25, -0.2) is 0 Å². The average Bonchev–Trinajstić information content (AvgIpc) is 2.81. The van der Waals surface area contributed by atoms with Crippen LogP contribution < -0.4 is 0 Å². The third kappa shape index (κ3) is 2.51. The Morgan fingerprint density at radius 1 is 1.16 bits per heavy atom. The molecule has 0 spiro atoms. The first kappa shape index (κ1) is 12.3.